The maximum Gasteiger partial charge on any atom is 0.407 e. The van der Waals surface area contributed by atoms with Gasteiger partial charge in [0.05, 0.1) is 12.6 Å². The van der Waals surface area contributed by atoms with E-state index in [1.807, 2.05) is 6.07 Å². The van der Waals surface area contributed by atoms with Crippen LogP contribution in [0.1, 0.15) is 33.6 Å². The zero-order chi connectivity index (χ0) is 10.3. The van der Waals surface area contributed by atoms with Gasteiger partial charge in [0.2, 0.25) is 0 Å². The lowest BCUT2D eigenvalue weighted by Gasteiger charge is -2.19. The quantitative estimate of drug-likeness (QED) is 0.680. The fraction of sp³-hybridized carbons (Fsp3) is 0.667. The normalized spacial score (nSPS) is 10.3. The zero-order valence-corrected chi connectivity index (χ0v) is 8.26. The molecule has 4 heteroatoms. The molecule has 0 rings (SSSR count). The molecule has 1 amide bonds. The Hall–Kier alpha value is -1.24. The molecule has 0 aliphatic heterocycles. The molecule has 1 N–H and O–H groups in total. The molecule has 13 heavy (non-hydrogen) atoms. The van der Waals surface area contributed by atoms with Crippen LogP contribution in [-0.2, 0) is 4.74 Å². The summed E-state index contributed by atoms with van der Waals surface area (Å²) in [7, 11) is 0. The molecule has 0 saturated heterocycles. The highest BCUT2D eigenvalue weighted by atomic mass is 16.6. The van der Waals surface area contributed by atoms with E-state index in [4.69, 9.17) is 10.00 Å². The van der Waals surface area contributed by atoms with Crippen molar-refractivity contribution in [1.29, 1.82) is 5.26 Å². The Labute approximate surface area is 78.9 Å². The second kappa shape index (κ2) is 5.41. The molecule has 0 heterocycles. The lowest BCUT2D eigenvalue weighted by molar-refractivity contribution is 0.0541. The number of ether oxygens (including phenoxy) is 1. The number of rotatable bonds is 3. The average molecular weight is 183 g/mol. The first kappa shape index (κ1) is 11.8. The Bertz CT molecular complexity index is 201. The molecule has 0 aromatic carbocycles. The SMILES string of the molecule is CC(C)(C)OC(=O)N[CH]CCC#N. The van der Waals surface area contributed by atoms with Crippen LogP contribution in [0.2, 0.25) is 0 Å². The molecular formula is C9H15N2O2. The second-order valence-corrected chi connectivity index (χ2v) is 3.55. The van der Waals surface area contributed by atoms with Gasteiger partial charge in [0, 0.05) is 6.42 Å². The van der Waals surface area contributed by atoms with Crippen LogP contribution in [0.25, 0.3) is 0 Å². The summed E-state index contributed by atoms with van der Waals surface area (Å²) in [4.78, 5) is 11.0. The average Bonchev–Trinajstić information content (AvgIpc) is 1.94. The van der Waals surface area contributed by atoms with Crippen LogP contribution in [-0.4, -0.2) is 11.7 Å². The minimum Gasteiger partial charge on any atom is -0.444 e. The fourth-order valence-electron chi connectivity index (χ4n) is 0.600. The van der Waals surface area contributed by atoms with Gasteiger partial charge >= 0.3 is 6.09 Å². The van der Waals surface area contributed by atoms with Gasteiger partial charge in [-0.15, -0.1) is 0 Å². The second-order valence-electron chi connectivity index (χ2n) is 3.55. The van der Waals surface area contributed by atoms with Gasteiger partial charge in [-0.2, -0.15) is 5.26 Å². The van der Waals surface area contributed by atoms with Gasteiger partial charge in [-0.05, 0) is 27.2 Å². The smallest absolute Gasteiger partial charge is 0.407 e. The third kappa shape index (κ3) is 8.67. The molecule has 0 bridgehead atoms. The van der Waals surface area contributed by atoms with Crippen LogP contribution >= 0.6 is 0 Å². The number of nitrogens with zero attached hydrogens (tertiary/aromatic N) is 1. The molecule has 4 nitrogen and oxygen atoms in total. The Balaban J connectivity index is 3.48. The highest BCUT2D eigenvalue weighted by Crippen LogP contribution is 2.06. The molecule has 1 radical (unpaired) electrons. The predicted molar refractivity (Wildman–Crippen MR) is 48.5 cm³/mol. The fourth-order valence-corrected chi connectivity index (χ4v) is 0.600. The van der Waals surface area contributed by atoms with Gasteiger partial charge in [-0.3, -0.25) is 0 Å². The molecule has 0 aliphatic carbocycles. The van der Waals surface area contributed by atoms with Gasteiger partial charge in [0.1, 0.15) is 5.60 Å². The number of nitrogens with one attached hydrogen (secondary N) is 1. The van der Waals surface area contributed by atoms with Gasteiger partial charge in [-0.1, -0.05) is 0 Å². The van der Waals surface area contributed by atoms with Crippen molar-refractivity contribution in [2.45, 2.75) is 39.2 Å². The summed E-state index contributed by atoms with van der Waals surface area (Å²) in [6, 6.07) is 1.97. The van der Waals surface area contributed by atoms with Gasteiger partial charge in [0.25, 0.3) is 0 Å². The van der Waals surface area contributed by atoms with Crippen LogP contribution in [0.3, 0.4) is 0 Å². The van der Waals surface area contributed by atoms with E-state index in [9.17, 15) is 4.79 Å². The molecule has 0 spiro atoms. The first-order chi connectivity index (χ1) is 5.95. The van der Waals surface area contributed by atoms with E-state index in [2.05, 4.69) is 5.32 Å². The highest BCUT2D eigenvalue weighted by Gasteiger charge is 2.15. The first-order valence-corrected chi connectivity index (χ1v) is 4.14. The van der Waals surface area contributed by atoms with Crippen molar-refractivity contribution < 1.29 is 9.53 Å². The monoisotopic (exact) mass is 183 g/mol. The van der Waals surface area contributed by atoms with Crippen molar-refractivity contribution in [2.75, 3.05) is 0 Å². The number of hydrogen-bond acceptors (Lipinski definition) is 3. The van der Waals surface area contributed by atoms with Crippen LogP contribution in [0.4, 0.5) is 4.79 Å². The maximum absolute atomic E-state index is 11.0. The molecule has 0 aromatic heterocycles. The van der Waals surface area contributed by atoms with E-state index < -0.39 is 11.7 Å². The van der Waals surface area contributed by atoms with E-state index in [0.717, 1.165) is 0 Å². The summed E-state index contributed by atoms with van der Waals surface area (Å²) < 4.78 is 4.95. The number of carbonyl (C=O) groups excluding carboxylic acids is 1. The molecular weight excluding hydrogens is 168 g/mol. The van der Waals surface area contributed by atoms with Crippen molar-refractivity contribution in [3.05, 3.63) is 6.54 Å². The lowest BCUT2D eigenvalue weighted by atomic mass is 10.2. The van der Waals surface area contributed by atoms with Crippen molar-refractivity contribution in [2.24, 2.45) is 0 Å². The lowest BCUT2D eigenvalue weighted by Crippen LogP contribution is -2.31. The summed E-state index contributed by atoms with van der Waals surface area (Å²) in [6.45, 7) is 6.91. The highest BCUT2D eigenvalue weighted by molar-refractivity contribution is 5.68. The number of alkyl carbamates (subject to hydrolysis) is 1. The third-order valence-electron chi connectivity index (χ3n) is 1.02. The van der Waals surface area contributed by atoms with Crippen LogP contribution in [0, 0.1) is 17.9 Å². The molecule has 0 aromatic rings. The van der Waals surface area contributed by atoms with E-state index >= 15 is 0 Å². The summed E-state index contributed by atoms with van der Waals surface area (Å²) in [5.41, 5.74) is -0.479. The summed E-state index contributed by atoms with van der Waals surface area (Å²) >= 11 is 0. The minimum absolute atomic E-state index is 0.399. The number of carbonyl (C=O) groups is 1. The van der Waals surface area contributed by atoms with Gasteiger partial charge in [-0.25, -0.2) is 4.79 Å². The summed E-state index contributed by atoms with van der Waals surface area (Å²) in [5, 5.41) is 10.6. The predicted octanol–water partition coefficient (Wildman–Crippen LogP) is 1.98. The van der Waals surface area contributed by atoms with E-state index in [1.165, 1.54) is 6.54 Å². The Morgan fingerprint density at radius 1 is 1.62 bits per heavy atom. The van der Waals surface area contributed by atoms with E-state index in [0.29, 0.717) is 12.8 Å². The Kier molecular flexibility index (Phi) is 4.90. The zero-order valence-electron chi connectivity index (χ0n) is 8.26. The molecule has 0 saturated carbocycles. The molecule has 0 fully saturated rings. The summed E-state index contributed by atoms with van der Waals surface area (Å²) in [5.74, 6) is 0. The number of nitriles is 1. The minimum atomic E-state index is -0.481. The largest absolute Gasteiger partial charge is 0.444 e. The van der Waals surface area contributed by atoms with Gasteiger partial charge in [0.15, 0.2) is 0 Å². The number of hydrogen-bond donors (Lipinski definition) is 1. The van der Waals surface area contributed by atoms with E-state index in [1.54, 1.807) is 20.8 Å². The molecule has 0 atom stereocenters. The Morgan fingerprint density at radius 2 is 2.23 bits per heavy atom. The maximum atomic E-state index is 11.0. The van der Waals surface area contributed by atoms with Crippen LogP contribution in [0.5, 0.6) is 0 Å². The number of amides is 1. The first-order valence-electron chi connectivity index (χ1n) is 4.14. The number of unbranched alkanes of at least 4 members (excludes halogenated alkanes) is 1. The Morgan fingerprint density at radius 3 is 2.69 bits per heavy atom. The standard InChI is InChI=1S/C9H15N2O2/c1-9(2,3)13-8(12)11-7-5-4-6-10/h7H,4-5H2,1-3H3,(H,11,12). The van der Waals surface area contributed by atoms with Gasteiger partial charge < -0.3 is 10.1 Å². The van der Waals surface area contributed by atoms with Crippen LogP contribution in [0.15, 0.2) is 0 Å². The van der Waals surface area contributed by atoms with Crippen molar-refractivity contribution in [3.63, 3.8) is 0 Å². The molecule has 73 valence electrons. The third-order valence-corrected chi connectivity index (χ3v) is 1.02. The van der Waals surface area contributed by atoms with Crippen molar-refractivity contribution >= 4 is 6.09 Å². The molecule has 0 aliphatic rings. The van der Waals surface area contributed by atoms with Crippen LogP contribution < -0.4 is 5.32 Å². The van der Waals surface area contributed by atoms with Crippen molar-refractivity contribution in [1.82, 2.24) is 5.32 Å². The summed E-state index contributed by atoms with van der Waals surface area (Å²) in [6.07, 6.45) is 0.455. The van der Waals surface area contributed by atoms with E-state index in [-0.39, 0.29) is 0 Å². The topological polar surface area (TPSA) is 62.1 Å². The molecule has 0 unspecified atom stereocenters. The van der Waals surface area contributed by atoms with Crippen molar-refractivity contribution in [3.8, 4) is 6.07 Å².